The summed E-state index contributed by atoms with van der Waals surface area (Å²) < 4.78 is 5.80. The maximum atomic E-state index is 12.6. The predicted octanol–water partition coefficient (Wildman–Crippen LogP) is 2.26. The van der Waals surface area contributed by atoms with Crippen molar-refractivity contribution >= 4 is 5.91 Å². The van der Waals surface area contributed by atoms with Crippen LogP contribution in [0.5, 0.6) is 0 Å². The third-order valence-corrected chi connectivity index (χ3v) is 4.43. The van der Waals surface area contributed by atoms with E-state index in [1.807, 2.05) is 12.1 Å². The van der Waals surface area contributed by atoms with Crippen molar-refractivity contribution in [3.05, 3.63) is 30.1 Å². The lowest BCUT2D eigenvalue weighted by Gasteiger charge is -2.25. The highest BCUT2D eigenvalue weighted by Crippen LogP contribution is 2.35. The molecule has 0 saturated carbocycles. The Balaban J connectivity index is 1.70. The molecule has 0 radical (unpaired) electrons. The maximum absolute atomic E-state index is 12.6. The van der Waals surface area contributed by atoms with E-state index in [9.17, 15) is 4.79 Å². The first-order valence-corrected chi connectivity index (χ1v) is 7.51. The minimum Gasteiger partial charge on any atom is -0.373 e. The topological polar surface area (TPSA) is 51.2 Å². The van der Waals surface area contributed by atoms with E-state index in [1.165, 1.54) is 0 Å². The molecule has 2 bridgehead atoms. The van der Waals surface area contributed by atoms with E-state index in [0.717, 1.165) is 24.8 Å². The Hall–Kier alpha value is -1.42. The zero-order valence-electron chi connectivity index (χ0n) is 12.1. The predicted molar refractivity (Wildman–Crippen MR) is 76.3 cm³/mol. The van der Waals surface area contributed by atoms with E-state index < -0.39 is 0 Å². The van der Waals surface area contributed by atoms with Crippen molar-refractivity contribution in [2.24, 2.45) is 5.92 Å². The summed E-state index contributed by atoms with van der Waals surface area (Å²) >= 11 is 0. The van der Waals surface area contributed by atoms with Gasteiger partial charge in [0.2, 0.25) is 5.91 Å². The van der Waals surface area contributed by atoms with Crippen LogP contribution in [0.2, 0.25) is 0 Å². The van der Waals surface area contributed by atoms with Crippen LogP contribution < -0.4 is 5.32 Å². The summed E-state index contributed by atoms with van der Waals surface area (Å²) in [6.07, 6.45) is 7.31. The van der Waals surface area contributed by atoms with Crippen molar-refractivity contribution in [3.63, 3.8) is 0 Å². The molecular weight excluding hydrogens is 252 g/mol. The highest BCUT2D eigenvalue weighted by Gasteiger charge is 2.42. The quantitative estimate of drug-likeness (QED) is 0.916. The first-order chi connectivity index (χ1) is 9.65. The Kier molecular flexibility index (Phi) is 3.74. The van der Waals surface area contributed by atoms with Gasteiger partial charge in [0.1, 0.15) is 0 Å². The summed E-state index contributed by atoms with van der Waals surface area (Å²) in [5, 5.41) is 3.20. The Bertz CT molecular complexity index is 475. The summed E-state index contributed by atoms with van der Waals surface area (Å²) in [5.74, 6) is 0.218. The van der Waals surface area contributed by atoms with Gasteiger partial charge in [-0.3, -0.25) is 9.78 Å². The van der Waals surface area contributed by atoms with Crippen molar-refractivity contribution in [1.82, 2.24) is 10.3 Å². The van der Waals surface area contributed by atoms with Gasteiger partial charge in [0, 0.05) is 12.4 Å². The number of aromatic nitrogens is 1. The molecule has 2 aliphatic heterocycles. The van der Waals surface area contributed by atoms with Crippen molar-refractivity contribution in [2.75, 3.05) is 0 Å². The van der Waals surface area contributed by atoms with Crippen molar-refractivity contribution in [2.45, 2.75) is 57.3 Å². The van der Waals surface area contributed by atoms with Crippen LogP contribution in [-0.2, 0) is 9.53 Å². The second-order valence-corrected chi connectivity index (χ2v) is 6.23. The molecule has 0 aromatic carbocycles. The van der Waals surface area contributed by atoms with Gasteiger partial charge in [0.15, 0.2) is 0 Å². The molecule has 108 valence electrons. The third-order valence-electron chi connectivity index (χ3n) is 4.43. The summed E-state index contributed by atoms with van der Waals surface area (Å²) in [7, 11) is 0. The zero-order chi connectivity index (χ0) is 14.1. The molecule has 2 fully saturated rings. The standard InChI is InChI=1S/C16H22N2O2/c1-10(2)15(11-4-3-7-17-9-11)16(19)18-13-8-12-5-6-14(13)20-12/h3-4,7,9-10,12-15H,5-6,8H2,1-2H3,(H,18,19)/t12-,13-,14-,15-/m1/s1. The van der Waals surface area contributed by atoms with Crippen LogP contribution in [0.15, 0.2) is 24.5 Å². The van der Waals surface area contributed by atoms with Gasteiger partial charge in [-0.15, -0.1) is 0 Å². The van der Waals surface area contributed by atoms with Crippen LogP contribution in [0.1, 0.15) is 44.6 Å². The Morgan fingerprint density at radius 1 is 1.45 bits per heavy atom. The molecule has 3 heterocycles. The second kappa shape index (κ2) is 5.52. The van der Waals surface area contributed by atoms with Gasteiger partial charge in [-0.05, 0) is 36.8 Å². The monoisotopic (exact) mass is 274 g/mol. The van der Waals surface area contributed by atoms with Gasteiger partial charge < -0.3 is 10.1 Å². The summed E-state index contributed by atoms with van der Waals surface area (Å²) in [6, 6.07) is 4.06. The molecule has 0 aliphatic carbocycles. The largest absolute Gasteiger partial charge is 0.373 e. The first kappa shape index (κ1) is 13.6. The molecule has 4 nitrogen and oxygen atoms in total. The highest BCUT2D eigenvalue weighted by atomic mass is 16.5. The SMILES string of the molecule is CC(C)[C@@H](C(=O)N[C@@H]1C[C@H]2CC[C@H]1O2)c1cccnc1. The molecule has 1 aromatic heterocycles. The number of rotatable bonds is 4. The lowest BCUT2D eigenvalue weighted by molar-refractivity contribution is -0.124. The van der Waals surface area contributed by atoms with E-state index >= 15 is 0 Å². The molecule has 0 spiro atoms. The van der Waals surface area contributed by atoms with Crippen LogP contribution in [-0.4, -0.2) is 29.1 Å². The number of nitrogens with one attached hydrogen (secondary N) is 1. The van der Waals surface area contributed by atoms with Crippen LogP contribution in [0.3, 0.4) is 0 Å². The highest BCUT2D eigenvalue weighted by molar-refractivity contribution is 5.84. The molecular formula is C16H22N2O2. The molecule has 2 aliphatic rings. The molecule has 1 amide bonds. The van der Waals surface area contributed by atoms with E-state index in [0.29, 0.717) is 6.10 Å². The summed E-state index contributed by atoms with van der Waals surface area (Å²) in [4.78, 5) is 16.8. The van der Waals surface area contributed by atoms with Gasteiger partial charge in [0.25, 0.3) is 0 Å². The van der Waals surface area contributed by atoms with Gasteiger partial charge in [0.05, 0.1) is 24.2 Å². The van der Waals surface area contributed by atoms with Crippen LogP contribution in [0.25, 0.3) is 0 Å². The van der Waals surface area contributed by atoms with E-state index in [-0.39, 0.29) is 29.9 Å². The molecule has 1 aromatic rings. The van der Waals surface area contributed by atoms with Crippen molar-refractivity contribution in [1.29, 1.82) is 0 Å². The molecule has 3 rings (SSSR count). The average Bonchev–Trinajstić information content (AvgIpc) is 3.02. The number of nitrogens with zero attached hydrogens (tertiary/aromatic N) is 1. The number of amides is 1. The smallest absolute Gasteiger partial charge is 0.228 e. The summed E-state index contributed by atoms with van der Waals surface area (Å²) in [6.45, 7) is 4.16. The molecule has 1 N–H and O–H groups in total. The average molecular weight is 274 g/mol. The van der Waals surface area contributed by atoms with Gasteiger partial charge in [-0.2, -0.15) is 0 Å². The second-order valence-electron chi connectivity index (χ2n) is 6.23. The number of hydrogen-bond donors (Lipinski definition) is 1. The minimum atomic E-state index is -0.136. The first-order valence-electron chi connectivity index (χ1n) is 7.51. The molecule has 0 unspecified atom stereocenters. The molecule has 20 heavy (non-hydrogen) atoms. The van der Waals surface area contributed by atoms with Crippen LogP contribution in [0.4, 0.5) is 0 Å². The Morgan fingerprint density at radius 3 is 2.85 bits per heavy atom. The normalized spacial score (nSPS) is 29.6. The van der Waals surface area contributed by atoms with E-state index in [4.69, 9.17) is 4.74 Å². The number of carbonyl (C=O) groups excluding carboxylic acids is 1. The maximum Gasteiger partial charge on any atom is 0.228 e. The van der Waals surface area contributed by atoms with Crippen LogP contribution in [0, 0.1) is 5.92 Å². The van der Waals surface area contributed by atoms with Crippen molar-refractivity contribution in [3.8, 4) is 0 Å². The number of hydrogen-bond acceptors (Lipinski definition) is 3. The number of carbonyl (C=O) groups is 1. The third kappa shape index (κ3) is 2.57. The lowest BCUT2D eigenvalue weighted by Crippen LogP contribution is -2.44. The van der Waals surface area contributed by atoms with E-state index in [2.05, 4.69) is 24.1 Å². The van der Waals surface area contributed by atoms with Crippen molar-refractivity contribution < 1.29 is 9.53 Å². The number of pyridine rings is 1. The molecule has 4 heteroatoms. The van der Waals surface area contributed by atoms with Gasteiger partial charge >= 0.3 is 0 Å². The Morgan fingerprint density at radius 2 is 2.30 bits per heavy atom. The fraction of sp³-hybridized carbons (Fsp3) is 0.625. The fourth-order valence-electron chi connectivity index (χ4n) is 3.46. The van der Waals surface area contributed by atoms with Gasteiger partial charge in [-0.1, -0.05) is 19.9 Å². The van der Waals surface area contributed by atoms with Crippen LogP contribution >= 0.6 is 0 Å². The lowest BCUT2D eigenvalue weighted by atomic mass is 9.87. The van der Waals surface area contributed by atoms with Gasteiger partial charge in [-0.25, -0.2) is 0 Å². The molecule has 2 saturated heterocycles. The number of ether oxygens (including phenoxy) is 1. The van der Waals surface area contributed by atoms with E-state index in [1.54, 1.807) is 12.4 Å². The Labute approximate surface area is 119 Å². The fourth-order valence-corrected chi connectivity index (χ4v) is 3.46. The zero-order valence-corrected chi connectivity index (χ0v) is 12.1. The number of fused-ring (bicyclic) bond motifs is 2. The minimum absolute atomic E-state index is 0.106. The molecule has 4 atom stereocenters. The summed E-state index contributed by atoms with van der Waals surface area (Å²) in [5.41, 5.74) is 0.990.